The first-order valence-corrected chi connectivity index (χ1v) is 18.8. The highest BCUT2D eigenvalue weighted by Crippen LogP contribution is 2.45. The number of hydrogen-bond donors (Lipinski definition) is 0. The molecule has 0 bridgehead atoms. The summed E-state index contributed by atoms with van der Waals surface area (Å²) in [6.45, 7) is 21.6. The van der Waals surface area contributed by atoms with Crippen molar-refractivity contribution in [1.82, 2.24) is 14.1 Å². The molecule has 2 aromatic carbocycles. The van der Waals surface area contributed by atoms with Gasteiger partial charge in [0.2, 0.25) is 10.0 Å². The smallest absolute Gasteiger partial charge is 0.243 e. The lowest BCUT2D eigenvalue weighted by molar-refractivity contribution is 0.101. The van der Waals surface area contributed by atoms with Crippen LogP contribution in [0.2, 0.25) is 5.02 Å². The minimum Gasteiger partial charge on any atom is -0.303 e. The van der Waals surface area contributed by atoms with Crippen LogP contribution < -0.4 is 0 Å². The molecule has 1 heterocycles. The normalized spacial score (nSPS) is 16.9. The van der Waals surface area contributed by atoms with Crippen LogP contribution >= 0.6 is 11.6 Å². The maximum atomic E-state index is 12.3. The van der Waals surface area contributed by atoms with Gasteiger partial charge < -0.3 is 9.80 Å². The second-order valence-electron chi connectivity index (χ2n) is 12.4. The van der Waals surface area contributed by atoms with E-state index in [0.29, 0.717) is 10.4 Å². The Kier molecular flexibility index (Phi) is 19.6. The van der Waals surface area contributed by atoms with E-state index in [1.165, 1.54) is 87.3 Å². The van der Waals surface area contributed by atoms with Crippen molar-refractivity contribution in [3.05, 3.63) is 65.2 Å². The number of nitrogens with zero attached hydrogens (tertiary/aromatic N) is 3. The molecule has 0 aromatic heterocycles. The molecule has 0 amide bonds. The Labute approximate surface area is 279 Å². The molecule has 2 aromatic rings. The van der Waals surface area contributed by atoms with Crippen LogP contribution in [0, 0.1) is 17.0 Å². The second kappa shape index (κ2) is 21.3. The van der Waals surface area contributed by atoms with Crippen molar-refractivity contribution in [1.29, 1.82) is 0 Å². The number of sulfonamides is 1. The second-order valence-corrected chi connectivity index (χ2v) is 14.8. The van der Waals surface area contributed by atoms with Crippen LogP contribution in [-0.4, -0.2) is 74.4 Å². The van der Waals surface area contributed by atoms with E-state index < -0.39 is 21.7 Å². The van der Waals surface area contributed by atoms with Crippen LogP contribution in [-0.2, 0) is 10.0 Å². The van der Waals surface area contributed by atoms with Crippen molar-refractivity contribution in [3.8, 4) is 0 Å². The maximum Gasteiger partial charge on any atom is 0.243 e. The average molecular weight is 672 g/mol. The molecule has 2 fully saturated rings. The largest absolute Gasteiger partial charge is 0.303 e. The number of piperidine rings is 1. The van der Waals surface area contributed by atoms with Crippen LogP contribution in [0.25, 0.3) is 0 Å². The van der Waals surface area contributed by atoms with Gasteiger partial charge in [-0.15, -0.1) is 0 Å². The number of halogens is 3. The molecule has 0 radical (unpaired) electrons. The van der Waals surface area contributed by atoms with Crippen LogP contribution in [0.5, 0.6) is 0 Å². The standard InChI is InChI=1S/C15H30N2.C13H20ClNO2S.C6H4F2.C2H6/c1-4-10-17(5-2)14-6-11-16(12-7-14)13-15(3)8-9-15;1-4-5-6-11(2)15(3)18(16,17)13-9-7-12(14)8-10-13;7-5-2-1-3-6(8)4-5;1-2/h14H,4-13H2,1-3H3;7-11H,4-6H2,1-3H3;1-4H;1-2H3. The molecular weight excluding hydrogens is 612 g/mol. The Morgan fingerprint density at radius 2 is 1.53 bits per heavy atom. The van der Waals surface area contributed by atoms with E-state index in [-0.39, 0.29) is 10.9 Å². The van der Waals surface area contributed by atoms with Gasteiger partial charge in [0.15, 0.2) is 0 Å². The summed E-state index contributed by atoms with van der Waals surface area (Å²) in [4.78, 5) is 5.69. The molecule has 258 valence electrons. The Hall–Kier alpha value is -1.58. The van der Waals surface area contributed by atoms with Crippen molar-refractivity contribution in [2.45, 2.75) is 117 Å². The first kappa shape index (κ1) is 41.4. The van der Waals surface area contributed by atoms with Crippen LogP contribution in [0.1, 0.15) is 99.8 Å². The monoisotopic (exact) mass is 671 g/mol. The zero-order valence-corrected chi connectivity index (χ0v) is 30.7. The number of benzene rings is 2. The van der Waals surface area contributed by atoms with E-state index in [9.17, 15) is 17.2 Å². The van der Waals surface area contributed by atoms with E-state index >= 15 is 0 Å². The van der Waals surface area contributed by atoms with Gasteiger partial charge in [0.05, 0.1) is 4.90 Å². The Morgan fingerprint density at radius 1 is 0.978 bits per heavy atom. The lowest BCUT2D eigenvalue weighted by atomic mass is 10.0. The molecule has 1 saturated carbocycles. The van der Waals surface area contributed by atoms with E-state index in [1.807, 2.05) is 20.8 Å². The van der Waals surface area contributed by atoms with Crippen molar-refractivity contribution < 1.29 is 17.2 Å². The van der Waals surface area contributed by atoms with Crippen LogP contribution in [0.15, 0.2) is 53.4 Å². The van der Waals surface area contributed by atoms with E-state index in [2.05, 4.69) is 37.5 Å². The average Bonchev–Trinajstić information content (AvgIpc) is 3.76. The van der Waals surface area contributed by atoms with Gasteiger partial charge in [0.25, 0.3) is 0 Å². The van der Waals surface area contributed by atoms with Gasteiger partial charge >= 0.3 is 0 Å². The molecule has 0 N–H and O–H groups in total. The predicted octanol–water partition coefficient (Wildman–Crippen LogP) is 9.51. The zero-order valence-electron chi connectivity index (χ0n) is 29.2. The Morgan fingerprint density at radius 3 is 1.96 bits per heavy atom. The SMILES string of the molecule is CC.CCCCC(C)N(C)S(=O)(=O)c1ccc(Cl)cc1.CCCN(CC)C1CCN(CC2(C)CC2)CC1.Fc1cccc(F)c1. The van der Waals surface area contributed by atoms with Crippen LogP contribution in [0.4, 0.5) is 8.78 Å². The molecular formula is C36H60ClF2N3O2S. The van der Waals surface area contributed by atoms with Gasteiger partial charge in [-0.1, -0.05) is 72.1 Å². The predicted molar refractivity (Wildman–Crippen MR) is 187 cm³/mol. The van der Waals surface area contributed by atoms with Gasteiger partial charge in [-0.05, 0) is 113 Å². The molecule has 5 nitrogen and oxygen atoms in total. The summed E-state index contributed by atoms with van der Waals surface area (Å²) >= 11 is 5.76. The van der Waals surface area contributed by atoms with Crippen molar-refractivity contribution in [2.75, 3.05) is 39.8 Å². The highest BCUT2D eigenvalue weighted by atomic mass is 35.5. The fourth-order valence-electron chi connectivity index (χ4n) is 5.39. The van der Waals surface area contributed by atoms with Crippen molar-refractivity contribution >= 4 is 21.6 Å². The third-order valence-corrected chi connectivity index (χ3v) is 10.8. The molecule has 1 aliphatic heterocycles. The third-order valence-electron chi connectivity index (χ3n) is 8.57. The molecule has 45 heavy (non-hydrogen) atoms. The van der Waals surface area contributed by atoms with E-state index in [1.54, 1.807) is 31.3 Å². The van der Waals surface area contributed by atoms with Crippen molar-refractivity contribution in [3.63, 3.8) is 0 Å². The van der Waals surface area contributed by atoms with Crippen molar-refractivity contribution in [2.24, 2.45) is 5.41 Å². The summed E-state index contributed by atoms with van der Waals surface area (Å²) in [7, 11) is -1.78. The molecule has 9 heteroatoms. The van der Waals surface area contributed by atoms with Gasteiger partial charge in [0, 0.05) is 36.8 Å². The highest BCUT2D eigenvalue weighted by Gasteiger charge is 2.39. The first-order valence-electron chi connectivity index (χ1n) is 17.0. The number of hydrogen-bond acceptors (Lipinski definition) is 4. The Bertz CT molecular complexity index is 1150. The summed E-state index contributed by atoms with van der Waals surface area (Å²) in [5.41, 5.74) is 0.695. The number of unbranched alkanes of at least 4 members (excludes halogenated alkanes) is 1. The molecule has 1 atom stereocenters. The molecule has 4 rings (SSSR count). The summed E-state index contributed by atoms with van der Waals surface area (Å²) in [6, 6.07) is 11.7. The Balaban J connectivity index is 0.000000349. The fourth-order valence-corrected chi connectivity index (χ4v) is 6.91. The van der Waals surface area contributed by atoms with Gasteiger partial charge in [-0.2, -0.15) is 4.31 Å². The third kappa shape index (κ3) is 15.2. The van der Waals surface area contributed by atoms with E-state index in [0.717, 1.165) is 31.4 Å². The molecule has 1 saturated heterocycles. The summed E-state index contributed by atoms with van der Waals surface area (Å²) in [5.74, 6) is -1.07. The highest BCUT2D eigenvalue weighted by molar-refractivity contribution is 7.89. The van der Waals surface area contributed by atoms with Gasteiger partial charge in [0.1, 0.15) is 11.6 Å². The zero-order chi connectivity index (χ0) is 34.0. The lowest BCUT2D eigenvalue weighted by Crippen LogP contribution is -2.46. The molecule has 1 unspecified atom stereocenters. The summed E-state index contributed by atoms with van der Waals surface area (Å²) < 4.78 is 50.0. The van der Waals surface area contributed by atoms with Gasteiger partial charge in [-0.3, -0.25) is 0 Å². The number of likely N-dealkylation sites (tertiary alicyclic amines) is 1. The maximum absolute atomic E-state index is 12.3. The van der Waals surface area contributed by atoms with Crippen LogP contribution in [0.3, 0.4) is 0 Å². The molecule has 2 aliphatic rings. The number of rotatable bonds is 12. The minimum atomic E-state index is -3.41. The quantitative estimate of drug-likeness (QED) is 0.225. The minimum absolute atomic E-state index is 0.00521. The summed E-state index contributed by atoms with van der Waals surface area (Å²) in [6.07, 6.45) is 9.98. The molecule has 1 aliphatic carbocycles. The summed E-state index contributed by atoms with van der Waals surface area (Å²) in [5, 5.41) is 0.538. The van der Waals surface area contributed by atoms with E-state index in [4.69, 9.17) is 11.6 Å². The molecule has 0 spiro atoms. The fraction of sp³-hybridized carbons (Fsp3) is 0.667. The lowest BCUT2D eigenvalue weighted by Gasteiger charge is -2.39. The topological polar surface area (TPSA) is 43.9 Å². The first-order chi connectivity index (χ1) is 21.3. The van der Waals surface area contributed by atoms with Gasteiger partial charge in [-0.25, -0.2) is 17.2 Å².